The minimum absolute atomic E-state index is 0. The minimum Gasteiger partial charge on any atom is -0.282 e. The first-order valence-corrected chi connectivity index (χ1v) is 7.98. The number of hydrogen-bond acceptors (Lipinski definition) is 4. The molecular weight excluding hydrogens is 300 g/mol. The molecule has 0 atom stereocenters. The van der Waals surface area contributed by atoms with Crippen molar-refractivity contribution in [1.29, 1.82) is 0 Å². The predicted molar refractivity (Wildman–Crippen MR) is 94.9 cm³/mol. The number of benzene rings is 1. The Balaban J connectivity index is 0.00000146. The maximum absolute atomic E-state index is 4.98. The van der Waals surface area contributed by atoms with E-state index in [-0.39, 0.29) is 7.43 Å². The van der Waals surface area contributed by atoms with Gasteiger partial charge in [-0.05, 0) is 55.9 Å². The lowest BCUT2D eigenvalue weighted by Crippen LogP contribution is -2.08. The highest BCUT2D eigenvalue weighted by Gasteiger charge is 2.22. The number of pyridine rings is 1. The van der Waals surface area contributed by atoms with Crippen molar-refractivity contribution < 1.29 is 0 Å². The van der Waals surface area contributed by atoms with Gasteiger partial charge in [-0.3, -0.25) is 5.10 Å². The average Bonchev–Trinajstić information content (AvgIpc) is 3.22. The molecule has 3 heterocycles. The van der Waals surface area contributed by atoms with E-state index in [1.807, 2.05) is 25.3 Å². The fraction of sp³-hybridized carbons (Fsp3) is 0.333. The zero-order valence-electron chi connectivity index (χ0n) is 12.8. The molecule has 122 valence electrons. The predicted octanol–water partition coefficient (Wildman–Crippen LogP) is 3.72. The van der Waals surface area contributed by atoms with Gasteiger partial charge in [0, 0.05) is 16.6 Å². The number of aromatic nitrogens is 6. The van der Waals surface area contributed by atoms with Crippen LogP contribution in [0.15, 0.2) is 18.3 Å². The van der Waals surface area contributed by atoms with Gasteiger partial charge in [-0.25, -0.2) is 4.98 Å². The van der Waals surface area contributed by atoms with Crippen LogP contribution in [0.3, 0.4) is 0 Å². The van der Waals surface area contributed by atoms with Gasteiger partial charge in [-0.1, -0.05) is 7.43 Å². The average molecular weight is 320 g/mol. The zero-order valence-corrected chi connectivity index (χ0v) is 12.8. The molecular formula is C18H20N6. The topological polar surface area (TPSA) is 83.1 Å². The Morgan fingerprint density at radius 3 is 2.58 bits per heavy atom. The molecule has 0 aliphatic heterocycles. The first-order valence-electron chi connectivity index (χ1n) is 7.98. The molecule has 0 spiro atoms. The number of nitrogens with one attached hydrogen (secondary N) is 2. The lowest BCUT2D eigenvalue weighted by molar-refractivity contribution is 0.689. The number of nitrogens with zero attached hydrogens (tertiary/aromatic N) is 4. The summed E-state index contributed by atoms with van der Waals surface area (Å²) in [5.74, 6) is 0. The number of hydrogen-bond donors (Lipinski definition) is 2. The Kier molecular flexibility index (Phi) is 3.33. The summed E-state index contributed by atoms with van der Waals surface area (Å²) in [6.45, 7) is 2.05. The van der Waals surface area contributed by atoms with Crippen LogP contribution in [0, 0.1) is 6.92 Å². The van der Waals surface area contributed by atoms with E-state index in [4.69, 9.17) is 4.98 Å². The Hall–Kier alpha value is -2.76. The Morgan fingerprint density at radius 2 is 1.79 bits per heavy atom. The molecule has 5 rings (SSSR count). The molecule has 0 saturated heterocycles. The van der Waals surface area contributed by atoms with Crippen LogP contribution < -0.4 is 0 Å². The number of aryl methyl sites for hydroxylation is 2. The molecule has 4 aromatic rings. The van der Waals surface area contributed by atoms with Crippen LogP contribution in [0.4, 0.5) is 0 Å². The molecule has 0 amide bonds. The van der Waals surface area contributed by atoms with Crippen LogP contribution in [0.1, 0.15) is 37.1 Å². The highest BCUT2D eigenvalue weighted by Crippen LogP contribution is 2.37. The third-order valence-electron chi connectivity index (χ3n) is 4.84. The quantitative estimate of drug-likeness (QED) is 0.560. The summed E-state index contributed by atoms with van der Waals surface area (Å²) in [6, 6.07) is 4.03. The molecule has 2 N–H and O–H groups in total. The molecule has 0 unspecified atom stereocenters. The molecule has 0 radical (unpaired) electrons. The summed E-state index contributed by atoms with van der Waals surface area (Å²) in [5, 5.41) is 19.7. The fourth-order valence-corrected chi connectivity index (χ4v) is 3.74. The summed E-state index contributed by atoms with van der Waals surface area (Å²) < 4.78 is 0. The highest BCUT2D eigenvalue weighted by atomic mass is 15.3. The Bertz CT molecular complexity index is 1040. The van der Waals surface area contributed by atoms with Gasteiger partial charge in [-0.2, -0.15) is 20.5 Å². The molecule has 1 aliphatic rings. The second-order valence-electron chi connectivity index (χ2n) is 6.18. The van der Waals surface area contributed by atoms with Crippen molar-refractivity contribution in [1.82, 2.24) is 30.6 Å². The van der Waals surface area contributed by atoms with Gasteiger partial charge in [0.25, 0.3) is 0 Å². The third kappa shape index (κ3) is 1.95. The van der Waals surface area contributed by atoms with E-state index in [9.17, 15) is 0 Å². The number of aromatic amines is 2. The Morgan fingerprint density at radius 1 is 1.00 bits per heavy atom. The molecule has 1 aromatic carbocycles. The van der Waals surface area contributed by atoms with Gasteiger partial charge in [0.05, 0.1) is 17.4 Å². The highest BCUT2D eigenvalue weighted by molar-refractivity contribution is 6.05. The minimum atomic E-state index is 0. The number of H-pyrrole nitrogens is 2. The summed E-state index contributed by atoms with van der Waals surface area (Å²) in [6.07, 6.45) is 6.44. The van der Waals surface area contributed by atoms with E-state index in [2.05, 4.69) is 25.6 Å². The van der Waals surface area contributed by atoms with Crippen LogP contribution >= 0.6 is 0 Å². The largest absolute Gasteiger partial charge is 0.282 e. The molecule has 0 fully saturated rings. The van der Waals surface area contributed by atoms with Crippen molar-refractivity contribution in [2.24, 2.45) is 0 Å². The van der Waals surface area contributed by atoms with Gasteiger partial charge in [0.15, 0.2) is 0 Å². The maximum Gasteiger partial charge on any atom is 0.122 e. The van der Waals surface area contributed by atoms with Crippen molar-refractivity contribution in [2.45, 2.75) is 40.0 Å². The summed E-state index contributed by atoms with van der Waals surface area (Å²) in [4.78, 5) is 4.98. The second kappa shape index (κ2) is 5.40. The number of fused-ring (bicyclic) bond motifs is 5. The molecule has 0 saturated carbocycles. The van der Waals surface area contributed by atoms with Gasteiger partial charge < -0.3 is 0 Å². The van der Waals surface area contributed by atoms with Crippen molar-refractivity contribution in [3.05, 3.63) is 35.2 Å². The first kappa shape index (κ1) is 14.8. The summed E-state index contributed by atoms with van der Waals surface area (Å²) >= 11 is 0. The van der Waals surface area contributed by atoms with Crippen LogP contribution in [0.5, 0.6) is 0 Å². The SMILES string of the molecule is C.Cc1[nH]ncc1-c1nc2ccc3n[nH]nc3c2c2c1CCCC2. The van der Waals surface area contributed by atoms with E-state index >= 15 is 0 Å². The number of rotatable bonds is 1. The Labute approximate surface area is 139 Å². The summed E-state index contributed by atoms with van der Waals surface area (Å²) in [7, 11) is 0. The molecule has 0 bridgehead atoms. The van der Waals surface area contributed by atoms with Crippen LogP contribution in [-0.4, -0.2) is 30.6 Å². The molecule has 3 aromatic heterocycles. The van der Waals surface area contributed by atoms with E-state index in [0.717, 1.165) is 51.7 Å². The second-order valence-corrected chi connectivity index (χ2v) is 6.18. The van der Waals surface area contributed by atoms with Gasteiger partial charge >= 0.3 is 0 Å². The van der Waals surface area contributed by atoms with Crippen molar-refractivity contribution >= 4 is 21.9 Å². The molecule has 1 aliphatic carbocycles. The van der Waals surface area contributed by atoms with Gasteiger partial charge in [0.1, 0.15) is 11.0 Å². The van der Waals surface area contributed by atoms with E-state index in [1.54, 1.807) is 0 Å². The van der Waals surface area contributed by atoms with Crippen LogP contribution in [-0.2, 0) is 12.8 Å². The van der Waals surface area contributed by atoms with Crippen molar-refractivity contribution in [3.63, 3.8) is 0 Å². The molecule has 6 nitrogen and oxygen atoms in total. The van der Waals surface area contributed by atoms with Crippen LogP contribution in [0.2, 0.25) is 0 Å². The van der Waals surface area contributed by atoms with E-state index in [1.165, 1.54) is 24.0 Å². The standard InChI is InChI=1S/C17H16N6.CH4/c1-9-12(8-18-20-9)16-11-5-3-2-4-10(11)15-13(19-16)6-7-14-17(15)22-23-21-14;/h6-8H,2-5H2,1H3,(H,18,20)(H,21,22,23);1H4. The van der Waals surface area contributed by atoms with E-state index in [0.29, 0.717) is 0 Å². The van der Waals surface area contributed by atoms with Gasteiger partial charge in [0.2, 0.25) is 0 Å². The lowest BCUT2D eigenvalue weighted by atomic mass is 9.86. The van der Waals surface area contributed by atoms with Gasteiger partial charge in [-0.15, -0.1) is 0 Å². The monoisotopic (exact) mass is 320 g/mol. The first-order chi connectivity index (χ1) is 11.3. The summed E-state index contributed by atoms with van der Waals surface area (Å²) in [5.41, 5.74) is 8.80. The maximum atomic E-state index is 4.98. The smallest absolute Gasteiger partial charge is 0.122 e. The van der Waals surface area contributed by atoms with Crippen LogP contribution in [0.25, 0.3) is 33.2 Å². The fourth-order valence-electron chi connectivity index (χ4n) is 3.74. The lowest BCUT2D eigenvalue weighted by Gasteiger charge is -2.21. The van der Waals surface area contributed by atoms with Crippen molar-refractivity contribution in [3.8, 4) is 11.3 Å². The zero-order chi connectivity index (χ0) is 15.4. The molecule has 24 heavy (non-hydrogen) atoms. The molecule has 6 heteroatoms. The van der Waals surface area contributed by atoms with Crippen molar-refractivity contribution in [2.75, 3.05) is 0 Å². The normalized spacial score (nSPS) is 13.9. The third-order valence-corrected chi connectivity index (χ3v) is 4.84. The van der Waals surface area contributed by atoms with E-state index < -0.39 is 0 Å².